The first-order chi connectivity index (χ1) is 8.89. The Kier molecular flexibility index (Phi) is 4.03. The van der Waals surface area contributed by atoms with Crippen LogP contribution < -0.4 is 10.5 Å². The number of nitrogens with zero attached hydrogens (tertiary/aromatic N) is 2. The number of hydrogen-bond acceptors (Lipinski definition) is 4. The Balaban J connectivity index is 2.08. The van der Waals surface area contributed by atoms with Crippen molar-refractivity contribution in [2.75, 3.05) is 16.2 Å². The van der Waals surface area contributed by atoms with Crippen molar-refractivity contribution in [1.29, 1.82) is 0 Å². The molecule has 0 aliphatic heterocycles. The summed E-state index contributed by atoms with van der Waals surface area (Å²) < 4.78 is 28.4. The summed E-state index contributed by atoms with van der Waals surface area (Å²) in [6.45, 7) is 1.76. The van der Waals surface area contributed by atoms with Crippen molar-refractivity contribution in [1.82, 2.24) is 9.78 Å². The first-order valence-electron chi connectivity index (χ1n) is 6.68. The van der Waals surface area contributed by atoms with Crippen molar-refractivity contribution >= 4 is 21.5 Å². The molecule has 1 fully saturated rings. The number of anilines is 2. The molecule has 0 atom stereocenters. The molecule has 0 aromatic carbocycles. The second-order valence-electron chi connectivity index (χ2n) is 5.36. The van der Waals surface area contributed by atoms with Gasteiger partial charge in [0, 0.05) is 7.05 Å². The Morgan fingerprint density at radius 3 is 2.53 bits per heavy atom. The smallest absolute Gasteiger partial charge is 0.234 e. The molecule has 2 rings (SSSR count). The van der Waals surface area contributed by atoms with Crippen molar-refractivity contribution in [2.45, 2.75) is 39.0 Å². The normalized spacial score (nSPS) is 17.6. The highest BCUT2D eigenvalue weighted by atomic mass is 32.2. The van der Waals surface area contributed by atoms with Gasteiger partial charge >= 0.3 is 0 Å². The monoisotopic (exact) mass is 286 g/mol. The van der Waals surface area contributed by atoms with Crippen molar-refractivity contribution in [3.05, 3.63) is 5.69 Å². The van der Waals surface area contributed by atoms with Crippen LogP contribution in [0.2, 0.25) is 0 Å². The van der Waals surface area contributed by atoms with E-state index < -0.39 is 10.0 Å². The van der Waals surface area contributed by atoms with Crippen LogP contribution in [0.15, 0.2) is 0 Å². The number of aryl methyl sites for hydroxylation is 2. The maximum atomic E-state index is 12.2. The summed E-state index contributed by atoms with van der Waals surface area (Å²) in [6, 6.07) is 0. The summed E-state index contributed by atoms with van der Waals surface area (Å²) in [5, 5.41) is 4.11. The summed E-state index contributed by atoms with van der Waals surface area (Å²) in [7, 11) is -1.67. The van der Waals surface area contributed by atoms with Crippen LogP contribution in [0.25, 0.3) is 0 Å². The zero-order valence-corrected chi connectivity index (χ0v) is 12.3. The molecule has 1 aliphatic rings. The summed E-state index contributed by atoms with van der Waals surface area (Å²) in [6.07, 6.45) is 5.49. The topological polar surface area (TPSA) is 90.0 Å². The number of hydrogen-bond donors (Lipinski definition) is 2. The lowest BCUT2D eigenvalue weighted by molar-refractivity contribution is 0.385. The Bertz CT molecular complexity index is 544. The lowest BCUT2D eigenvalue weighted by Crippen LogP contribution is -2.25. The van der Waals surface area contributed by atoms with Crippen molar-refractivity contribution in [3.63, 3.8) is 0 Å². The van der Waals surface area contributed by atoms with E-state index in [1.165, 1.54) is 11.1 Å². The van der Waals surface area contributed by atoms with Crippen LogP contribution in [0, 0.1) is 12.8 Å². The van der Waals surface area contributed by atoms with Gasteiger partial charge in [-0.05, 0) is 25.7 Å². The van der Waals surface area contributed by atoms with E-state index >= 15 is 0 Å². The molecule has 0 unspecified atom stereocenters. The third-order valence-corrected chi connectivity index (χ3v) is 5.12. The molecule has 6 nitrogen and oxygen atoms in total. The minimum atomic E-state index is -3.36. The number of rotatable bonds is 4. The van der Waals surface area contributed by atoms with Gasteiger partial charge in [-0.25, -0.2) is 13.1 Å². The lowest BCUT2D eigenvalue weighted by atomic mass is 9.91. The average molecular weight is 286 g/mol. The van der Waals surface area contributed by atoms with Gasteiger partial charge in [-0.1, -0.05) is 19.3 Å². The third-order valence-electron chi connectivity index (χ3n) is 3.70. The van der Waals surface area contributed by atoms with E-state index in [1.807, 2.05) is 0 Å². The van der Waals surface area contributed by atoms with Crippen LogP contribution in [-0.2, 0) is 17.1 Å². The van der Waals surface area contributed by atoms with Gasteiger partial charge in [-0.15, -0.1) is 0 Å². The van der Waals surface area contributed by atoms with E-state index in [0.29, 0.717) is 17.2 Å². The minimum absolute atomic E-state index is 0.177. The Morgan fingerprint density at radius 2 is 2.00 bits per heavy atom. The second-order valence-corrected chi connectivity index (χ2v) is 7.13. The molecule has 108 valence electrons. The number of nitrogens with two attached hydrogens (primary N) is 1. The van der Waals surface area contributed by atoms with Crippen LogP contribution in [0.3, 0.4) is 0 Å². The van der Waals surface area contributed by atoms with E-state index in [9.17, 15) is 8.42 Å². The van der Waals surface area contributed by atoms with Crippen molar-refractivity contribution < 1.29 is 8.42 Å². The standard InChI is InChI=1S/C12H22N4O2S/c1-9-11(13)12(16(2)14-9)15-19(17,18)8-10-6-4-3-5-7-10/h10,15H,3-8,13H2,1-2H3. The quantitative estimate of drug-likeness (QED) is 0.880. The highest BCUT2D eigenvalue weighted by Gasteiger charge is 2.23. The van der Waals surface area contributed by atoms with Gasteiger partial charge in [0.1, 0.15) is 0 Å². The van der Waals surface area contributed by atoms with Gasteiger partial charge in [0.2, 0.25) is 10.0 Å². The van der Waals surface area contributed by atoms with E-state index in [2.05, 4.69) is 9.82 Å². The maximum absolute atomic E-state index is 12.2. The molecular weight excluding hydrogens is 264 g/mol. The van der Waals surface area contributed by atoms with E-state index in [4.69, 9.17) is 5.73 Å². The summed E-state index contributed by atoms with van der Waals surface area (Å²) in [5.74, 6) is 0.812. The summed E-state index contributed by atoms with van der Waals surface area (Å²) in [4.78, 5) is 0. The molecule has 0 amide bonds. The maximum Gasteiger partial charge on any atom is 0.234 e. The van der Waals surface area contributed by atoms with Gasteiger partial charge in [0.25, 0.3) is 0 Å². The van der Waals surface area contributed by atoms with Crippen LogP contribution in [0.4, 0.5) is 11.5 Å². The van der Waals surface area contributed by atoms with Crippen LogP contribution in [0.1, 0.15) is 37.8 Å². The van der Waals surface area contributed by atoms with Gasteiger partial charge in [-0.2, -0.15) is 5.10 Å². The summed E-state index contributed by atoms with van der Waals surface area (Å²) in [5.41, 5.74) is 6.87. The molecule has 1 heterocycles. The molecule has 1 aliphatic carbocycles. The predicted molar refractivity (Wildman–Crippen MR) is 76.3 cm³/mol. The molecular formula is C12H22N4O2S. The van der Waals surface area contributed by atoms with Crippen molar-refractivity contribution in [2.24, 2.45) is 13.0 Å². The minimum Gasteiger partial charge on any atom is -0.394 e. The highest BCUT2D eigenvalue weighted by Crippen LogP contribution is 2.27. The summed E-state index contributed by atoms with van der Waals surface area (Å²) >= 11 is 0. The number of aromatic nitrogens is 2. The number of sulfonamides is 1. The zero-order valence-electron chi connectivity index (χ0n) is 11.5. The fourth-order valence-corrected chi connectivity index (χ4v) is 4.22. The Morgan fingerprint density at radius 1 is 1.37 bits per heavy atom. The molecule has 19 heavy (non-hydrogen) atoms. The van der Waals surface area contributed by atoms with Gasteiger partial charge in [-0.3, -0.25) is 4.72 Å². The SMILES string of the molecule is Cc1nn(C)c(NS(=O)(=O)CC2CCCCC2)c1N. The van der Waals surface area contributed by atoms with E-state index in [-0.39, 0.29) is 11.7 Å². The predicted octanol–water partition coefficient (Wildman–Crippen LogP) is 1.63. The zero-order chi connectivity index (χ0) is 14.0. The lowest BCUT2D eigenvalue weighted by Gasteiger charge is -2.21. The van der Waals surface area contributed by atoms with E-state index in [0.717, 1.165) is 25.7 Å². The molecule has 1 aromatic rings. The second kappa shape index (κ2) is 5.40. The Hall–Kier alpha value is -1.24. The Labute approximate surface area is 114 Å². The molecule has 1 aromatic heterocycles. The average Bonchev–Trinajstić information content (AvgIpc) is 2.56. The van der Waals surface area contributed by atoms with Crippen LogP contribution in [0.5, 0.6) is 0 Å². The first-order valence-corrected chi connectivity index (χ1v) is 8.34. The van der Waals surface area contributed by atoms with Gasteiger partial charge < -0.3 is 5.73 Å². The molecule has 1 saturated carbocycles. The molecule has 7 heteroatoms. The fourth-order valence-electron chi connectivity index (χ4n) is 2.65. The molecule has 0 radical (unpaired) electrons. The van der Waals surface area contributed by atoms with Gasteiger partial charge in [0.05, 0.1) is 17.1 Å². The number of nitrogens with one attached hydrogen (secondary N) is 1. The van der Waals surface area contributed by atoms with Gasteiger partial charge in [0.15, 0.2) is 5.82 Å². The van der Waals surface area contributed by atoms with Crippen LogP contribution >= 0.6 is 0 Å². The first kappa shape index (κ1) is 14.2. The number of nitrogen functional groups attached to an aromatic ring is 1. The largest absolute Gasteiger partial charge is 0.394 e. The van der Waals surface area contributed by atoms with Crippen molar-refractivity contribution in [3.8, 4) is 0 Å². The highest BCUT2D eigenvalue weighted by molar-refractivity contribution is 7.92. The molecule has 0 saturated heterocycles. The molecule has 0 spiro atoms. The van der Waals surface area contributed by atoms with E-state index in [1.54, 1.807) is 14.0 Å². The molecule has 3 N–H and O–H groups in total. The fraction of sp³-hybridized carbons (Fsp3) is 0.750. The van der Waals surface area contributed by atoms with Crippen LogP contribution in [-0.4, -0.2) is 24.0 Å². The molecule has 0 bridgehead atoms. The third kappa shape index (κ3) is 3.40.